The van der Waals surface area contributed by atoms with E-state index in [1.807, 2.05) is 0 Å². The molecule has 1 atom stereocenters. The number of alkyl halides is 3. The highest BCUT2D eigenvalue weighted by Crippen LogP contribution is 2.48. The third-order valence-electron chi connectivity index (χ3n) is 4.35. The predicted molar refractivity (Wildman–Crippen MR) is 104 cm³/mol. The van der Waals surface area contributed by atoms with Crippen LogP contribution >= 0.6 is 23.2 Å². The van der Waals surface area contributed by atoms with E-state index in [4.69, 9.17) is 28.0 Å². The van der Waals surface area contributed by atoms with E-state index in [1.165, 1.54) is 19.2 Å². The number of rotatable bonds is 3. The largest absolute Gasteiger partial charge is 0.453 e. The Morgan fingerprint density at radius 2 is 1.83 bits per heavy atom. The van der Waals surface area contributed by atoms with Gasteiger partial charge in [0.2, 0.25) is 5.60 Å². The minimum atomic E-state index is -4.81. The number of hydrogen-bond acceptors (Lipinski definition) is 4. The lowest BCUT2D eigenvalue weighted by Gasteiger charge is -2.28. The summed E-state index contributed by atoms with van der Waals surface area (Å²) in [6, 6.07) is 8.35. The van der Waals surface area contributed by atoms with Crippen molar-refractivity contribution in [1.82, 2.24) is 5.48 Å². The second-order valence-electron chi connectivity index (χ2n) is 6.30. The Morgan fingerprint density at radius 1 is 1.17 bits per heavy atom. The lowest BCUT2D eigenvalue weighted by atomic mass is 9.91. The van der Waals surface area contributed by atoms with Crippen molar-refractivity contribution >= 4 is 40.7 Å². The van der Waals surface area contributed by atoms with Crippen LogP contribution in [0.2, 0.25) is 10.0 Å². The average molecular weight is 447 g/mol. The number of anilines is 1. The van der Waals surface area contributed by atoms with Crippen molar-refractivity contribution in [2.45, 2.75) is 18.7 Å². The fraction of sp³-hybridized carbons (Fsp3) is 0.211. The Kier molecular flexibility index (Phi) is 5.71. The highest BCUT2D eigenvalue weighted by atomic mass is 35.5. The summed E-state index contributed by atoms with van der Waals surface area (Å²) < 4.78 is 46.7. The molecule has 2 aromatic carbocycles. The average Bonchev–Trinajstić information content (AvgIpc) is 3.09. The molecule has 1 unspecified atom stereocenters. The van der Waals surface area contributed by atoms with E-state index in [0.717, 1.165) is 18.2 Å². The smallest absolute Gasteiger partial charge is 0.428 e. The van der Waals surface area contributed by atoms with Crippen molar-refractivity contribution < 1.29 is 27.5 Å². The van der Waals surface area contributed by atoms with E-state index < -0.39 is 17.9 Å². The molecule has 0 fully saturated rings. The van der Waals surface area contributed by atoms with Crippen LogP contribution in [-0.4, -0.2) is 19.4 Å². The SMILES string of the molecule is COC(=O)Nc1cc(C2=CC(c3cc(Cl)cc(Cl)c3)(C(F)(F)F)ON2)ccc1C. The van der Waals surface area contributed by atoms with Gasteiger partial charge in [-0.15, -0.1) is 0 Å². The van der Waals surface area contributed by atoms with E-state index in [-0.39, 0.29) is 21.3 Å². The number of hydroxylamine groups is 1. The number of hydrogen-bond donors (Lipinski definition) is 2. The van der Waals surface area contributed by atoms with Crippen molar-refractivity contribution in [2.24, 2.45) is 0 Å². The zero-order valence-electron chi connectivity index (χ0n) is 15.2. The molecular weight excluding hydrogens is 432 g/mol. The highest BCUT2D eigenvalue weighted by Gasteiger charge is 2.59. The molecule has 0 spiro atoms. The van der Waals surface area contributed by atoms with Crippen LogP contribution in [0.3, 0.4) is 0 Å². The third kappa shape index (κ3) is 4.14. The van der Waals surface area contributed by atoms with Crippen molar-refractivity contribution in [3.63, 3.8) is 0 Å². The number of nitrogens with one attached hydrogen (secondary N) is 2. The van der Waals surface area contributed by atoms with Gasteiger partial charge < -0.3 is 4.74 Å². The summed E-state index contributed by atoms with van der Waals surface area (Å²) in [5.74, 6) is 0. The van der Waals surface area contributed by atoms with E-state index in [9.17, 15) is 18.0 Å². The minimum absolute atomic E-state index is 0.0430. The number of carbonyl (C=O) groups is 1. The molecule has 29 heavy (non-hydrogen) atoms. The first-order chi connectivity index (χ1) is 13.6. The van der Waals surface area contributed by atoms with Gasteiger partial charge in [0.25, 0.3) is 0 Å². The fourth-order valence-corrected chi connectivity index (χ4v) is 3.37. The fourth-order valence-electron chi connectivity index (χ4n) is 2.84. The van der Waals surface area contributed by atoms with Gasteiger partial charge in [-0.1, -0.05) is 35.3 Å². The van der Waals surface area contributed by atoms with Crippen LogP contribution in [0.5, 0.6) is 0 Å². The van der Waals surface area contributed by atoms with Crippen LogP contribution in [0.4, 0.5) is 23.7 Å². The maximum Gasteiger partial charge on any atom is 0.428 e. The highest BCUT2D eigenvalue weighted by molar-refractivity contribution is 6.34. The van der Waals surface area contributed by atoms with Gasteiger partial charge in [0.1, 0.15) is 0 Å². The summed E-state index contributed by atoms with van der Waals surface area (Å²) in [6.45, 7) is 1.73. The first kappa shape index (κ1) is 21.3. The van der Waals surface area contributed by atoms with E-state index in [0.29, 0.717) is 16.8 Å². The van der Waals surface area contributed by atoms with Crippen molar-refractivity contribution in [1.29, 1.82) is 0 Å². The summed E-state index contributed by atoms with van der Waals surface area (Å²) >= 11 is 11.8. The molecular formula is C19H15Cl2F3N2O3. The van der Waals surface area contributed by atoms with Crippen molar-refractivity contribution in [3.8, 4) is 0 Å². The van der Waals surface area contributed by atoms with Gasteiger partial charge >= 0.3 is 12.3 Å². The zero-order chi connectivity index (χ0) is 21.4. The summed E-state index contributed by atoms with van der Waals surface area (Å²) in [7, 11) is 1.21. The molecule has 2 aromatic rings. The quantitative estimate of drug-likeness (QED) is 0.623. The van der Waals surface area contributed by atoms with Crippen molar-refractivity contribution in [3.05, 3.63) is 69.2 Å². The van der Waals surface area contributed by atoms with Crippen LogP contribution in [0.15, 0.2) is 42.5 Å². The molecule has 3 rings (SSSR count). The zero-order valence-corrected chi connectivity index (χ0v) is 16.7. The molecule has 5 nitrogen and oxygen atoms in total. The second-order valence-corrected chi connectivity index (χ2v) is 7.17. The molecule has 0 saturated heterocycles. The lowest BCUT2D eigenvalue weighted by molar-refractivity contribution is -0.269. The van der Waals surface area contributed by atoms with Gasteiger partial charge in [-0.3, -0.25) is 15.6 Å². The number of halogens is 5. The van der Waals surface area contributed by atoms with Gasteiger partial charge in [-0.2, -0.15) is 13.2 Å². The summed E-state index contributed by atoms with van der Waals surface area (Å²) in [5, 5.41) is 2.59. The molecule has 0 aliphatic carbocycles. The molecule has 2 N–H and O–H groups in total. The number of ether oxygens (including phenoxy) is 1. The molecule has 1 heterocycles. The van der Waals surface area contributed by atoms with Gasteiger partial charge in [-0.05, 0) is 42.8 Å². The normalized spacial score (nSPS) is 18.8. The monoisotopic (exact) mass is 446 g/mol. The number of carbonyl (C=O) groups excluding carboxylic acids is 1. The van der Waals surface area contributed by atoms with Gasteiger partial charge in [-0.25, -0.2) is 4.79 Å². The molecule has 10 heteroatoms. The summed E-state index contributed by atoms with van der Waals surface area (Å²) in [4.78, 5) is 16.5. The third-order valence-corrected chi connectivity index (χ3v) is 4.79. The Balaban J connectivity index is 2.08. The lowest BCUT2D eigenvalue weighted by Crippen LogP contribution is -2.42. The molecule has 0 saturated carbocycles. The molecule has 1 aliphatic heterocycles. The number of aryl methyl sites for hydroxylation is 1. The van der Waals surface area contributed by atoms with Crippen molar-refractivity contribution in [2.75, 3.05) is 12.4 Å². The predicted octanol–water partition coefficient (Wildman–Crippen LogP) is 5.81. The van der Waals surface area contributed by atoms with Gasteiger partial charge in [0.05, 0.1) is 12.8 Å². The molecule has 154 valence electrons. The van der Waals surface area contributed by atoms with E-state index in [1.54, 1.807) is 19.1 Å². The first-order valence-corrected chi connectivity index (χ1v) is 8.97. The van der Waals surface area contributed by atoms with Crippen LogP contribution in [-0.2, 0) is 15.2 Å². The molecule has 0 radical (unpaired) electrons. The molecule has 0 aromatic heterocycles. The maximum absolute atomic E-state index is 14.0. The van der Waals surface area contributed by atoms with Crippen LogP contribution < -0.4 is 10.8 Å². The Labute approximate surface area is 174 Å². The van der Waals surface area contributed by atoms with Gasteiger partial charge in [0, 0.05) is 26.9 Å². The topological polar surface area (TPSA) is 59.6 Å². The van der Waals surface area contributed by atoms with E-state index >= 15 is 0 Å². The standard InChI is InChI=1S/C19H15Cl2F3N2O3/c1-10-3-4-11(5-15(10)25-17(27)28-2)16-9-18(29-26-16,19(22,23)24)12-6-13(20)8-14(21)7-12/h3-9,26H,1-2H3,(H,25,27). The molecule has 1 aliphatic rings. The van der Waals surface area contributed by atoms with Crippen LogP contribution in [0.1, 0.15) is 16.7 Å². The van der Waals surface area contributed by atoms with Crippen LogP contribution in [0, 0.1) is 6.92 Å². The second kappa shape index (κ2) is 7.78. The Hall–Kier alpha value is -2.42. The molecule has 1 amide bonds. The maximum atomic E-state index is 14.0. The molecule has 0 bridgehead atoms. The Morgan fingerprint density at radius 3 is 2.41 bits per heavy atom. The van der Waals surface area contributed by atoms with Crippen LogP contribution in [0.25, 0.3) is 5.70 Å². The Bertz CT molecular complexity index is 975. The number of amides is 1. The summed E-state index contributed by atoms with van der Waals surface area (Å²) in [6.07, 6.45) is -4.61. The number of methoxy groups -OCH3 is 1. The number of benzene rings is 2. The first-order valence-electron chi connectivity index (χ1n) is 8.22. The summed E-state index contributed by atoms with van der Waals surface area (Å²) in [5.41, 5.74) is 0.768. The minimum Gasteiger partial charge on any atom is -0.453 e. The van der Waals surface area contributed by atoms with Gasteiger partial charge in [0.15, 0.2) is 0 Å². The van der Waals surface area contributed by atoms with E-state index in [2.05, 4.69) is 15.5 Å².